The molecule has 0 aromatic rings. The van der Waals surface area contributed by atoms with Crippen molar-refractivity contribution in [3.8, 4) is 0 Å². The molecule has 1 saturated heterocycles. The summed E-state index contributed by atoms with van der Waals surface area (Å²) < 4.78 is 0. The lowest BCUT2D eigenvalue weighted by Crippen LogP contribution is -2.59. The van der Waals surface area contributed by atoms with Crippen LogP contribution >= 0.6 is 0 Å². The second-order valence-corrected chi connectivity index (χ2v) is 4.88. The third-order valence-electron chi connectivity index (χ3n) is 3.11. The molecule has 0 bridgehead atoms. The molecule has 1 aliphatic rings. The summed E-state index contributed by atoms with van der Waals surface area (Å²) in [4.78, 5) is 15.7. The first-order chi connectivity index (χ1) is 7.48. The molecule has 4 heteroatoms. The van der Waals surface area contributed by atoms with Gasteiger partial charge in [-0.15, -0.1) is 0 Å². The average molecular weight is 228 g/mol. The summed E-state index contributed by atoms with van der Waals surface area (Å²) in [5.41, 5.74) is -0.497. The SMILES string of the molecule is CCN(CC)C(=O)CCCN1CC(C)(O)C1. The summed E-state index contributed by atoms with van der Waals surface area (Å²) in [6, 6.07) is 0. The molecule has 1 aliphatic heterocycles. The normalized spacial score (nSPS) is 19.2. The number of carbonyl (C=O) groups excluding carboxylic acids is 1. The van der Waals surface area contributed by atoms with Crippen molar-refractivity contribution in [2.45, 2.75) is 39.2 Å². The Hall–Kier alpha value is -0.610. The van der Waals surface area contributed by atoms with Crippen LogP contribution in [-0.4, -0.2) is 59.1 Å². The van der Waals surface area contributed by atoms with Crippen LogP contribution in [0.4, 0.5) is 0 Å². The minimum atomic E-state index is -0.497. The molecule has 1 heterocycles. The van der Waals surface area contributed by atoms with Crippen molar-refractivity contribution in [3.63, 3.8) is 0 Å². The number of hydrogen-bond donors (Lipinski definition) is 1. The van der Waals surface area contributed by atoms with Gasteiger partial charge in [-0.25, -0.2) is 0 Å². The van der Waals surface area contributed by atoms with Crippen LogP contribution in [0, 0.1) is 0 Å². The Balaban J connectivity index is 2.10. The monoisotopic (exact) mass is 228 g/mol. The van der Waals surface area contributed by atoms with Gasteiger partial charge in [0, 0.05) is 32.6 Å². The molecule has 0 radical (unpaired) electrons. The standard InChI is InChI=1S/C12H24N2O2/c1-4-14(5-2)11(15)7-6-8-13-9-12(3,16)10-13/h16H,4-10H2,1-3H3. The van der Waals surface area contributed by atoms with E-state index in [1.54, 1.807) is 0 Å². The minimum absolute atomic E-state index is 0.247. The Morgan fingerprint density at radius 1 is 1.38 bits per heavy atom. The summed E-state index contributed by atoms with van der Waals surface area (Å²) in [5, 5.41) is 9.54. The number of hydrogen-bond acceptors (Lipinski definition) is 3. The predicted octanol–water partition coefficient (Wildman–Crippen LogP) is 0.702. The molecule has 1 fully saturated rings. The highest BCUT2D eigenvalue weighted by molar-refractivity contribution is 5.76. The Bertz CT molecular complexity index is 229. The van der Waals surface area contributed by atoms with Crippen molar-refractivity contribution in [1.82, 2.24) is 9.80 Å². The lowest BCUT2D eigenvalue weighted by Gasteiger charge is -2.44. The zero-order valence-electron chi connectivity index (χ0n) is 10.7. The van der Waals surface area contributed by atoms with Crippen molar-refractivity contribution in [3.05, 3.63) is 0 Å². The fourth-order valence-electron chi connectivity index (χ4n) is 2.26. The van der Waals surface area contributed by atoms with Gasteiger partial charge in [-0.1, -0.05) is 0 Å². The Morgan fingerprint density at radius 2 is 1.94 bits per heavy atom. The van der Waals surface area contributed by atoms with Gasteiger partial charge in [-0.3, -0.25) is 9.69 Å². The molecule has 16 heavy (non-hydrogen) atoms. The van der Waals surface area contributed by atoms with Gasteiger partial charge < -0.3 is 10.0 Å². The van der Waals surface area contributed by atoms with E-state index in [1.165, 1.54) is 0 Å². The highest BCUT2D eigenvalue weighted by Crippen LogP contribution is 2.19. The number of amides is 1. The minimum Gasteiger partial charge on any atom is -0.388 e. The molecule has 0 saturated carbocycles. The second kappa shape index (κ2) is 5.64. The molecule has 94 valence electrons. The van der Waals surface area contributed by atoms with Crippen molar-refractivity contribution >= 4 is 5.91 Å². The Labute approximate surface area is 98.2 Å². The van der Waals surface area contributed by atoms with Crippen LogP contribution in [-0.2, 0) is 4.79 Å². The first kappa shape index (κ1) is 13.5. The predicted molar refractivity (Wildman–Crippen MR) is 64.2 cm³/mol. The third kappa shape index (κ3) is 3.76. The number of carbonyl (C=O) groups is 1. The van der Waals surface area contributed by atoms with E-state index in [0.717, 1.165) is 39.1 Å². The zero-order valence-corrected chi connectivity index (χ0v) is 10.7. The van der Waals surface area contributed by atoms with Crippen molar-refractivity contribution < 1.29 is 9.90 Å². The average Bonchev–Trinajstić information content (AvgIpc) is 2.16. The number of aliphatic hydroxyl groups is 1. The highest BCUT2D eigenvalue weighted by Gasteiger charge is 2.35. The number of β-amino-alcohol motifs (C(OH)–C–C–N with tert-alkyl or cyclic N) is 1. The molecule has 0 spiro atoms. The quantitative estimate of drug-likeness (QED) is 0.728. The summed E-state index contributed by atoms with van der Waals surface area (Å²) in [7, 11) is 0. The summed E-state index contributed by atoms with van der Waals surface area (Å²) in [5.74, 6) is 0.247. The molecule has 0 aromatic carbocycles. The van der Waals surface area contributed by atoms with Crippen LogP contribution in [0.2, 0.25) is 0 Å². The fraction of sp³-hybridized carbons (Fsp3) is 0.917. The van der Waals surface area contributed by atoms with Gasteiger partial charge in [0.15, 0.2) is 0 Å². The van der Waals surface area contributed by atoms with Gasteiger partial charge in [0.1, 0.15) is 0 Å². The molecule has 0 aromatic heterocycles. The van der Waals surface area contributed by atoms with Gasteiger partial charge in [-0.05, 0) is 33.7 Å². The van der Waals surface area contributed by atoms with Crippen LogP contribution in [0.5, 0.6) is 0 Å². The highest BCUT2D eigenvalue weighted by atomic mass is 16.3. The van der Waals surface area contributed by atoms with Crippen LogP contribution in [0.15, 0.2) is 0 Å². The van der Waals surface area contributed by atoms with Crippen molar-refractivity contribution in [2.24, 2.45) is 0 Å². The van der Waals surface area contributed by atoms with Crippen LogP contribution in [0.3, 0.4) is 0 Å². The molecule has 1 rings (SSSR count). The Kier molecular flexibility index (Phi) is 4.74. The molecular formula is C12H24N2O2. The first-order valence-electron chi connectivity index (χ1n) is 6.21. The first-order valence-corrected chi connectivity index (χ1v) is 6.21. The van der Waals surface area contributed by atoms with E-state index in [9.17, 15) is 9.90 Å². The van der Waals surface area contributed by atoms with Crippen LogP contribution in [0.1, 0.15) is 33.6 Å². The van der Waals surface area contributed by atoms with E-state index in [2.05, 4.69) is 4.90 Å². The molecule has 0 atom stereocenters. The maximum atomic E-state index is 11.7. The van der Waals surface area contributed by atoms with Gasteiger partial charge in [0.2, 0.25) is 5.91 Å². The lowest BCUT2D eigenvalue weighted by atomic mass is 9.97. The number of likely N-dealkylation sites (tertiary alicyclic amines) is 1. The molecule has 1 amide bonds. The molecule has 0 aliphatic carbocycles. The van der Waals surface area contributed by atoms with Crippen LogP contribution in [0.25, 0.3) is 0 Å². The molecule has 1 N–H and O–H groups in total. The van der Waals surface area contributed by atoms with Gasteiger partial charge in [0.25, 0.3) is 0 Å². The van der Waals surface area contributed by atoms with E-state index < -0.39 is 5.60 Å². The lowest BCUT2D eigenvalue weighted by molar-refractivity contribution is -0.131. The van der Waals surface area contributed by atoms with Crippen LogP contribution < -0.4 is 0 Å². The molecule has 4 nitrogen and oxygen atoms in total. The largest absolute Gasteiger partial charge is 0.388 e. The van der Waals surface area contributed by atoms with E-state index in [1.807, 2.05) is 25.7 Å². The second-order valence-electron chi connectivity index (χ2n) is 4.88. The number of nitrogens with zero attached hydrogens (tertiary/aromatic N) is 2. The topological polar surface area (TPSA) is 43.8 Å². The summed E-state index contributed by atoms with van der Waals surface area (Å²) in [6.07, 6.45) is 1.52. The van der Waals surface area contributed by atoms with E-state index in [-0.39, 0.29) is 5.91 Å². The van der Waals surface area contributed by atoms with Gasteiger partial charge in [-0.2, -0.15) is 0 Å². The van der Waals surface area contributed by atoms with E-state index in [4.69, 9.17) is 0 Å². The number of rotatable bonds is 6. The Morgan fingerprint density at radius 3 is 2.38 bits per heavy atom. The fourth-order valence-corrected chi connectivity index (χ4v) is 2.26. The summed E-state index contributed by atoms with van der Waals surface area (Å²) >= 11 is 0. The molecule has 0 unspecified atom stereocenters. The van der Waals surface area contributed by atoms with E-state index >= 15 is 0 Å². The third-order valence-corrected chi connectivity index (χ3v) is 3.11. The molecular weight excluding hydrogens is 204 g/mol. The maximum absolute atomic E-state index is 11.7. The summed E-state index contributed by atoms with van der Waals surface area (Å²) in [6.45, 7) is 9.87. The smallest absolute Gasteiger partial charge is 0.222 e. The van der Waals surface area contributed by atoms with Gasteiger partial charge in [0.05, 0.1) is 5.60 Å². The maximum Gasteiger partial charge on any atom is 0.222 e. The van der Waals surface area contributed by atoms with E-state index in [0.29, 0.717) is 6.42 Å². The van der Waals surface area contributed by atoms with Crippen molar-refractivity contribution in [2.75, 3.05) is 32.7 Å². The van der Waals surface area contributed by atoms with Gasteiger partial charge >= 0.3 is 0 Å². The van der Waals surface area contributed by atoms with Crippen molar-refractivity contribution in [1.29, 1.82) is 0 Å². The zero-order chi connectivity index (χ0) is 12.2.